The lowest BCUT2D eigenvalue weighted by Gasteiger charge is -2.19. The molecule has 22 heavy (non-hydrogen) atoms. The summed E-state index contributed by atoms with van der Waals surface area (Å²) in [5.41, 5.74) is -0.215. The molecule has 2 atom stereocenters. The van der Waals surface area contributed by atoms with Gasteiger partial charge in [-0.3, -0.25) is 10.1 Å². The van der Waals surface area contributed by atoms with Crippen molar-refractivity contribution in [2.45, 2.75) is 45.0 Å². The van der Waals surface area contributed by atoms with Gasteiger partial charge in [0.2, 0.25) is 0 Å². The van der Waals surface area contributed by atoms with Crippen molar-refractivity contribution in [1.29, 1.82) is 0 Å². The van der Waals surface area contributed by atoms with E-state index in [4.69, 9.17) is 4.74 Å². The van der Waals surface area contributed by atoms with E-state index in [9.17, 15) is 19.8 Å². The van der Waals surface area contributed by atoms with Gasteiger partial charge in [-0.15, -0.1) is 11.3 Å². The van der Waals surface area contributed by atoms with Gasteiger partial charge in [0.15, 0.2) is 0 Å². The third-order valence-electron chi connectivity index (χ3n) is 2.55. The summed E-state index contributed by atoms with van der Waals surface area (Å²) in [6, 6.07) is 1.51. The molecule has 0 saturated heterocycles. The smallest absolute Gasteiger partial charge is 0.412 e. The molecule has 1 rings (SSSR count). The Morgan fingerprint density at radius 1 is 1.36 bits per heavy atom. The van der Waals surface area contributed by atoms with Gasteiger partial charge in [-0.1, -0.05) is 0 Å². The summed E-state index contributed by atoms with van der Waals surface area (Å²) in [4.78, 5) is 22.7. The van der Waals surface area contributed by atoms with Crippen LogP contribution in [0.4, 0.5) is 9.80 Å². The van der Waals surface area contributed by atoms with E-state index in [-0.39, 0.29) is 6.42 Å². The molecule has 3 N–H and O–H groups in total. The second kappa shape index (κ2) is 7.57. The van der Waals surface area contributed by atoms with Gasteiger partial charge in [0.05, 0.1) is 24.6 Å². The van der Waals surface area contributed by atoms with Gasteiger partial charge < -0.3 is 19.7 Å². The number of ether oxygens (including phenoxy) is 2. The molecule has 1 heterocycles. The lowest BCUT2D eigenvalue weighted by Crippen LogP contribution is -2.27. The molecule has 0 fully saturated rings. The van der Waals surface area contributed by atoms with Crippen LogP contribution in [-0.4, -0.2) is 41.1 Å². The molecule has 0 aliphatic carbocycles. The summed E-state index contributed by atoms with van der Waals surface area (Å²) in [5, 5.41) is 24.3. The first-order chi connectivity index (χ1) is 10.1. The van der Waals surface area contributed by atoms with Gasteiger partial charge in [0, 0.05) is 0 Å². The summed E-state index contributed by atoms with van der Waals surface area (Å²) in [7, 11) is 1.20. The second-order valence-electron chi connectivity index (χ2n) is 5.66. The molecule has 1 aromatic heterocycles. The first kappa shape index (κ1) is 18.4. The monoisotopic (exact) mass is 331 g/mol. The van der Waals surface area contributed by atoms with E-state index >= 15 is 0 Å². The van der Waals surface area contributed by atoms with Crippen LogP contribution in [-0.2, 0) is 14.3 Å². The van der Waals surface area contributed by atoms with Crippen molar-refractivity contribution in [3.63, 3.8) is 0 Å². The van der Waals surface area contributed by atoms with Crippen molar-refractivity contribution in [3.8, 4) is 0 Å². The Kier molecular flexibility index (Phi) is 6.34. The minimum absolute atomic E-state index is 0.317. The minimum atomic E-state index is -1.28. The van der Waals surface area contributed by atoms with E-state index in [0.717, 1.165) is 0 Å². The number of nitrogens with one attached hydrogen (secondary N) is 1. The number of amides is 1. The van der Waals surface area contributed by atoms with Crippen molar-refractivity contribution in [2.75, 3.05) is 12.4 Å². The van der Waals surface area contributed by atoms with Gasteiger partial charge in [0.25, 0.3) is 0 Å². The summed E-state index contributed by atoms with van der Waals surface area (Å²) in [5.74, 6) is -0.617. The van der Waals surface area contributed by atoms with E-state index in [1.807, 2.05) is 0 Å². The molecule has 1 amide bonds. The zero-order valence-electron chi connectivity index (χ0n) is 13.0. The van der Waals surface area contributed by atoms with Crippen LogP contribution < -0.4 is 5.32 Å². The number of hydrogen-bond acceptors (Lipinski definition) is 7. The molecular weight excluding hydrogens is 310 g/mol. The number of carbonyl (C=O) groups excluding carboxylic acids is 2. The fourth-order valence-electron chi connectivity index (χ4n) is 1.56. The summed E-state index contributed by atoms with van der Waals surface area (Å²) in [6.45, 7) is 5.25. The van der Waals surface area contributed by atoms with Crippen LogP contribution in [0.1, 0.15) is 38.9 Å². The fourth-order valence-corrected chi connectivity index (χ4v) is 2.38. The Morgan fingerprint density at radius 2 is 2.00 bits per heavy atom. The van der Waals surface area contributed by atoms with Crippen molar-refractivity contribution >= 4 is 28.4 Å². The number of thiophene rings is 1. The number of aliphatic hydroxyl groups is 2. The van der Waals surface area contributed by atoms with Crippen molar-refractivity contribution in [2.24, 2.45) is 0 Å². The van der Waals surface area contributed by atoms with Crippen LogP contribution in [0.5, 0.6) is 0 Å². The Hall–Kier alpha value is -1.64. The predicted octanol–water partition coefficient (Wildman–Crippen LogP) is 2.05. The van der Waals surface area contributed by atoms with Crippen LogP contribution in [0.25, 0.3) is 0 Å². The molecule has 0 saturated carbocycles. The van der Waals surface area contributed by atoms with Crippen LogP contribution >= 0.6 is 11.3 Å². The quantitative estimate of drug-likeness (QED) is 0.713. The molecule has 124 valence electrons. The van der Waals surface area contributed by atoms with Gasteiger partial charge in [0.1, 0.15) is 11.7 Å². The Balaban J connectivity index is 2.63. The van der Waals surface area contributed by atoms with Gasteiger partial charge >= 0.3 is 12.1 Å². The topological polar surface area (TPSA) is 105 Å². The molecule has 0 bridgehead atoms. The maximum Gasteiger partial charge on any atom is 0.412 e. The van der Waals surface area contributed by atoms with Crippen LogP contribution in [0.2, 0.25) is 0 Å². The molecule has 0 spiro atoms. The summed E-state index contributed by atoms with van der Waals surface area (Å²) in [6.07, 6.45) is -3.45. The molecule has 0 aliphatic heterocycles. The molecule has 2 unspecified atom stereocenters. The highest BCUT2D eigenvalue weighted by Crippen LogP contribution is 2.28. The van der Waals surface area contributed by atoms with Crippen molar-refractivity contribution in [1.82, 2.24) is 0 Å². The molecule has 0 aromatic carbocycles. The Morgan fingerprint density at radius 3 is 2.55 bits per heavy atom. The highest BCUT2D eigenvalue weighted by atomic mass is 32.1. The molecule has 0 radical (unpaired) electrons. The first-order valence-electron chi connectivity index (χ1n) is 6.63. The lowest BCUT2D eigenvalue weighted by atomic mass is 10.1. The lowest BCUT2D eigenvalue weighted by molar-refractivity contribution is -0.144. The van der Waals surface area contributed by atoms with Crippen molar-refractivity contribution < 1.29 is 29.3 Å². The number of hydrogen-bond donors (Lipinski definition) is 3. The number of carbonyl (C=O) groups is 2. The normalized spacial score (nSPS) is 14.1. The van der Waals surface area contributed by atoms with E-state index < -0.39 is 29.9 Å². The van der Waals surface area contributed by atoms with E-state index in [0.29, 0.717) is 10.6 Å². The standard InChI is InChI=1S/C14H21NO6S/c1-14(2,3)21-13(19)15-10-5-8(7-22-10)12(18)9(16)6-11(17)20-4/h5,7,9,12,16,18H,6H2,1-4H3,(H,15,19). The maximum atomic E-state index is 11.6. The van der Waals surface area contributed by atoms with E-state index in [2.05, 4.69) is 10.1 Å². The Labute approximate surface area is 132 Å². The third-order valence-corrected chi connectivity index (χ3v) is 3.42. The molecule has 0 aliphatic rings. The van der Waals surface area contributed by atoms with E-state index in [1.54, 1.807) is 26.2 Å². The highest BCUT2D eigenvalue weighted by molar-refractivity contribution is 7.14. The minimum Gasteiger partial charge on any atom is -0.469 e. The molecule has 1 aromatic rings. The molecular formula is C14H21NO6S. The first-order valence-corrected chi connectivity index (χ1v) is 7.51. The van der Waals surface area contributed by atoms with Crippen LogP contribution in [0.3, 0.4) is 0 Å². The average Bonchev–Trinajstić information content (AvgIpc) is 2.83. The van der Waals surface area contributed by atoms with Crippen LogP contribution in [0, 0.1) is 0 Å². The fraction of sp³-hybridized carbons (Fsp3) is 0.571. The number of aliphatic hydroxyl groups excluding tert-OH is 2. The summed E-state index contributed by atoms with van der Waals surface area (Å²) < 4.78 is 9.54. The van der Waals surface area contributed by atoms with Gasteiger partial charge in [-0.2, -0.15) is 0 Å². The second-order valence-corrected chi connectivity index (χ2v) is 6.57. The molecule has 8 heteroatoms. The number of methoxy groups -OCH3 is 1. The highest BCUT2D eigenvalue weighted by Gasteiger charge is 2.23. The molecule has 7 nitrogen and oxygen atoms in total. The number of esters is 1. The zero-order valence-corrected chi connectivity index (χ0v) is 13.8. The Bertz CT molecular complexity index is 522. The van der Waals surface area contributed by atoms with Crippen molar-refractivity contribution in [3.05, 3.63) is 17.0 Å². The summed E-state index contributed by atoms with van der Waals surface area (Å²) >= 11 is 1.18. The van der Waals surface area contributed by atoms with Gasteiger partial charge in [-0.05, 0) is 37.8 Å². The average molecular weight is 331 g/mol. The van der Waals surface area contributed by atoms with E-state index in [1.165, 1.54) is 24.5 Å². The SMILES string of the molecule is COC(=O)CC(O)C(O)c1csc(NC(=O)OC(C)(C)C)c1. The zero-order chi connectivity index (χ0) is 16.9. The van der Waals surface area contributed by atoms with Gasteiger partial charge in [-0.25, -0.2) is 4.79 Å². The predicted molar refractivity (Wildman–Crippen MR) is 81.8 cm³/mol. The maximum absolute atomic E-state index is 11.6. The third kappa shape index (κ3) is 6.00. The number of anilines is 1. The number of rotatable bonds is 5. The largest absolute Gasteiger partial charge is 0.469 e. The van der Waals surface area contributed by atoms with Crippen LogP contribution in [0.15, 0.2) is 11.4 Å².